The summed E-state index contributed by atoms with van der Waals surface area (Å²) < 4.78 is 13.3. The fourth-order valence-corrected chi connectivity index (χ4v) is 3.58. The maximum absolute atomic E-state index is 13.3. The third-order valence-electron chi connectivity index (χ3n) is 4.97. The van der Waals surface area contributed by atoms with E-state index in [0.29, 0.717) is 19.6 Å². The number of amides is 1. The van der Waals surface area contributed by atoms with Crippen LogP contribution in [0.15, 0.2) is 66.7 Å². The summed E-state index contributed by atoms with van der Waals surface area (Å²) in [6.45, 7) is 3.70. The monoisotopic (exact) mass is 348 g/mol. The Hall–Kier alpha value is -2.72. The number of carbonyl (C=O) groups is 1. The van der Waals surface area contributed by atoms with Crippen LogP contribution >= 0.6 is 0 Å². The van der Waals surface area contributed by atoms with Crippen LogP contribution in [0.4, 0.5) is 4.39 Å². The minimum atomic E-state index is -0.202. The van der Waals surface area contributed by atoms with Gasteiger partial charge >= 0.3 is 0 Å². The van der Waals surface area contributed by atoms with E-state index in [9.17, 15) is 9.18 Å². The highest BCUT2D eigenvalue weighted by Gasteiger charge is 2.23. The second kappa shape index (κ2) is 7.26. The fourth-order valence-electron chi connectivity index (χ4n) is 3.58. The lowest BCUT2D eigenvalue weighted by Crippen LogP contribution is -2.48. The Morgan fingerprint density at radius 3 is 2.42 bits per heavy atom. The number of halogens is 1. The molecular weight excluding hydrogens is 327 g/mol. The first-order valence-corrected chi connectivity index (χ1v) is 8.94. The maximum atomic E-state index is 13.3. The van der Waals surface area contributed by atoms with Crippen molar-refractivity contribution in [1.29, 1.82) is 0 Å². The summed E-state index contributed by atoms with van der Waals surface area (Å²) in [5.41, 5.74) is 1.74. The van der Waals surface area contributed by atoms with Gasteiger partial charge < -0.3 is 4.90 Å². The van der Waals surface area contributed by atoms with Crippen molar-refractivity contribution in [1.82, 2.24) is 9.80 Å². The van der Waals surface area contributed by atoms with Crippen LogP contribution in [0.1, 0.15) is 15.9 Å². The van der Waals surface area contributed by atoms with E-state index in [1.165, 1.54) is 6.07 Å². The molecule has 0 N–H and O–H groups in total. The summed E-state index contributed by atoms with van der Waals surface area (Å²) in [6.07, 6.45) is 0. The number of piperazine rings is 1. The van der Waals surface area contributed by atoms with E-state index >= 15 is 0 Å². The van der Waals surface area contributed by atoms with E-state index < -0.39 is 0 Å². The van der Waals surface area contributed by atoms with E-state index in [4.69, 9.17) is 0 Å². The Labute approximate surface area is 152 Å². The van der Waals surface area contributed by atoms with Crippen molar-refractivity contribution in [3.05, 3.63) is 83.7 Å². The van der Waals surface area contributed by atoms with Crippen LogP contribution in [0.3, 0.4) is 0 Å². The van der Waals surface area contributed by atoms with E-state index in [0.717, 1.165) is 35.0 Å². The molecule has 4 rings (SSSR count). The third-order valence-corrected chi connectivity index (χ3v) is 4.97. The highest BCUT2D eigenvalue weighted by Crippen LogP contribution is 2.21. The topological polar surface area (TPSA) is 23.6 Å². The van der Waals surface area contributed by atoms with E-state index in [-0.39, 0.29) is 11.7 Å². The highest BCUT2D eigenvalue weighted by atomic mass is 19.1. The molecule has 0 aliphatic carbocycles. The van der Waals surface area contributed by atoms with Crippen LogP contribution in [-0.4, -0.2) is 41.9 Å². The molecule has 0 unspecified atom stereocenters. The van der Waals surface area contributed by atoms with Gasteiger partial charge in [0.05, 0.1) is 0 Å². The molecule has 26 heavy (non-hydrogen) atoms. The molecule has 1 saturated heterocycles. The van der Waals surface area contributed by atoms with Crippen LogP contribution in [0, 0.1) is 5.82 Å². The minimum absolute atomic E-state index is 0.0900. The van der Waals surface area contributed by atoms with Gasteiger partial charge in [-0.3, -0.25) is 9.69 Å². The zero-order chi connectivity index (χ0) is 17.9. The lowest BCUT2D eigenvalue weighted by atomic mass is 10.0. The largest absolute Gasteiger partial charge is 0.336 e. The lowest BCUT2D eigenvalue weighted by molar-refractivity contribution is 0.0630. The standard InChI is InChI=1S/C22H21FN2O/c23-19-8-3-5-17(15-19)16-24-11-13-25(14-12-24)22(26)21-10-4-7-18-6-1-2-9-20(18)21/h1-10,15H,11-14,16H2. The first-order chi connectivity index (χ1) is 12.7. The van der Waals surface area contributed by atoms with Gasteiger partial charge in [0, 0.05) is 38.3 Å². The van der Waals surface area contributed by atoms with Crippen molar-refractivity contribution in [2.24, 2.45) is 0 Å². The predicted molar refractivity (Wildman–Crippen MR) is 102 cm³/mol. The zero-order valence-corrected chi connectivity index (χ0v) is 14.6. The van der Waals surface area contributed by atoms with Crippen molar-refractivity contribution in [2.45, 2.75) is 6.54 Å². The number of rotatable bonds is 3. The molecule has 0 bridgehead atoms. The Morgan fingerprint density at radius 1 is 0.885 bits per heavy atom. The SMILES string of the molecule is O=C(c1cccc2ccccc12)N1CCN(Cc2cccc(F)c2)CC1. The van der Waals surface area contributed by atoms with Crippen molar-refractivity contribution in [2.75, 3.05) is 26.2 Å². The fraction of sp³-hybridized carbons (Fsp3) is 0.227. The summed E-state index contributed by atoms with van der Waals surface area (Å²) in [7, 11) is 0. The average Bonchev–Trinajstić information content (AvgIpc) is 2.68. The molecule has 1 heterocycles. The van der Waals surface area contributed by atoms with Gasteiger partial charge in [-0.15, -0.1) is 0 Å². The molecule has 1 fully saturated rings. The predicted octanol–water partition coefficient (Wildman–Crippen LogP) is 3.94. The molecule has 3 nitrogen and oxygen atoms in total. The van der Waals surface area contributed by atoms with Gasteiger partial charge in [-0.1, -0.05) is 48.5 Å². The van der Waals surface area contributed by atoms with Gasteiger partial charge in [0.2, 0.25) is 0 Å². The summed E-state index contributed by atoms with van der Waals surface area (Å²) in [5.74, 6) is -0.112. The molecule has 0 aromatic heterocycles. The molecule has 1 aliphatic rings. The van der Waals surface area contributed by atoms with Gasteiger partial charge in [-0.05, 0) is 34.5 Å². The molecule has 3 aromatic carbocycles. The molecule has 132 valence electrons. The number of benzene rings is 3. The Morgan fingerprint density at radius 2 is 1.62 bits per heavy atom. The Bertz CT molecular complexity index is 927. The normalized spacial score (nSPS) is 15.3. The zero-order valence-electron chi connectivity index (χ0n) is 14.6. The number of nitrogens with zero attached hydrogens (tertiary/aromatic N) is 2. The molecule has 0 saturated carbocycles. The van der Waals surface area contributed by atoms with Crippen LogP contribution in [0.25, 0.3) is 10.8 Å². The third kappa shape index (κ3) is 3.46. The van der Waals surface area contributed by atoms with E-state index in [2.05, 4.69) is 4.90 Å². The van der Waals surface area contributed by atoms with Crippen LogP contribution in [-0.2, 0) is 6.54 Å². The molecule has 4 heteroatoms. The Kier molecular flexibility index (Phi) is 4.67. The summed E-state index contributed by atoms with van der Waals surface area (Å²) in [6, 6.07) is 20.6. The smallest absolute Gasteiger partial charge is 0.254 e. The highest BCUT2D eigenvalue weighted by molar-refractivity contribution is 6.07. The van der Waals surface area contributed by atoms with Crippen molar-refractivity contribution in [3.8, 4) is 0 Å². The van der Waals surface area contributed by atoms with Gasteiger partial charge in [-0.2, -0.15) is 0 Å². The van der Waals surface area contributed by atoms with E-state index in [1.807, 2.05) is 53.4 Å². The van der Waals surface area contributed by atoms with Gasteiger partial charge in [-0.25, -0.2) is 4.39 Å². The van der Waals surface area contributed by atoms with E-state index in [1.54, 1.807) is 12.1 Å². The second-order valence-corrected chi connectivity index (χ2v) is 6.72. The van der Waals surface area contributed by atoms with Gasteiger partial charge in [0.1, 0.15) is 5.82 Å². The van der Waals surface area contributed by atoms with Gasteiger partial charge in [0.25, 0.3) is 5.91 Å². The molecule has 1 amide bonds. The lowest BCUT2D eigenvalue weighted by Gasteiger charge is -2.35. The summed E-state index contributed by atoms with van der Waals surface area (Å²) in [4.78, 5) is 17.2. The molecule has 3 aromatic rings. The molecule has 1 aliphatic heterocycles. The van der Waals surface area contributed by atoms with Crippen molar-refractivity contribution >= 4 is 16.7 Å². The molecular formula is C22H21FN2O. The second-order valence-electron chi connectivity index (χ2n) is 6.72. The summed E-state index contributed by atoms with van der Waals surface area (Å²) >= 11 is 0. The molecule has 0 spiro atoms. The maximum Gasteiger partial charge on any atom is 0.254 e. The van der Waals surface area contributed by atoms with Gasteiger partial charge in [0.15, 0.2) is 0 Å². The van der Waals surface area contributed by atoms with Crippen LogP contribution in [0.2, 0.25) is 0 Å². The number of fused-ring (bicyclic) bond motifs is 1. The molecule has 0 atom stereocenters. The quantitative estimate of drug-likeness (QED) is 0.716. The van der Waals surface area contributed by atoms with Crippen LogP contribution < -0.4 is 0 Å². The van der Waals surface area contributed by atoms with Crippen molar-refractivity contribution in [3.63, 3.8) is 0 Å². The first-order valence-electron chi connectivity index (χ1n) is 8.94. The van der Waals surface area contributed by atoms with Crippen molar-refractivity contribution < 1.29 is 9.18 Å². The van der Waals surface area contributed by atoms with Crippen LogP contribution in [0.5, 0.6) is 0 Å². The number of hydrogen-bond donors (Lipinski definition) is 0. The minimum Gasteiger partial charge on any atom is -0.336 e. The molecule has 0 radical (unpaired) electrons. The number of carbonyl (C=O) groups excluding carboxylic acids is 1. The number of hydrogen-bond acceptors (Lipinski definition) is 2. The Balaban J connectivity index is 1.43. The average molecular weight is 348 g/mol. The summed E-state index contributed by atoms with van der Waals surface area (Å²) in [5, 5.41) is 2.09. The first kappa shape index (κ1) is 16.7.